The molecule has 0 saturated carbocycles. The number of aromatic nitrogens is 1. The Kier molecular flexibility index (Phi) is 6.49. The molecular formula is C22H29N3O3. The van der Waals surface area contributed by atoms with E-state index in [1.165, 1.54) is 0 Å². The normalized spacial score (nSPS) is 17.9. The molecule has 1 atom stereocenters. The first kappa shape index (κ1) is 20.1. The molecule has 1 aromatic carbocycles. The minimum Gasteiger partial charge on any atom is -0.351 e. The maximum Gasteiger partial charge on any atom is 0.292 e. The lowest BCUT2D eigenvalue weighted by atomic mass is 10.1. The van der Waals surface area contributed by atoms with Crippen LogP contribution in [0.4, 0.5) is 0 Å². The van der Waals surface area contributed by atoms with Gasteiger partial charge in [0.05, 0.1) is 5.69 Å². The van der Waals surface area contributed by atoms with E-state index in [1.54, 1.807) is 11.0 Å². The summed E-state index contributed by atoms with van der Waals surface area (Å²) in [6.45, 7) is 7.74. The number of hydrogen-bond acceptors (Lipinski definition) is 4. The second-order valence-electron chi connectivity index (χ2n) is 7.85. The van der Waals surface area contributed by atoms with Crippen LogP contribution in [0, 0.1) is 5.92 Å². The van der Waals surface area contributed by atoms with Gasteiger partial charge in [0.2, 0.25) is 11.7 Å². The molecule has 0 unspecified atom stereocenters. The zero-order valence-electron chi connectivity index (χ0n) is 16.9. The van der Waals surface area contributed by atoms with Crippen molar-refractivity contribution in [1.29, 1.82) is 0 Å². The molecule has 3 rings (SSSR count). The fourth-order valence-corrected chi connectivity index (χ4v) is 3.64. The highest BCUT2D eigenvalue weighted by atomic mass is 16.5. The van der Waals surface area contributed by atoms with Crippen LogP contribution in [0.1, 0.15) is 55.4 Å². The number of carbonyl (C=O) groups excluding carboxylic acids is 2. The molecular weight excluding hydrogens is 354 g/mol. The molecule has 1 saturated heterocycles. The molecule has 6 nitrogen and oxygen atoms in total. The lowest BCUT2D eigenvalue weighted by molar-refractivity contribution is -0.133. The largest absolute Gasteiger partial charge is 0.351 e. The highest BCUT2D eigenvalue weighted by Gasteiger charge is 2.32. The Morgan fingerprint density at radius 2 is 2.04 bits per heavy atom. The van der Waals surface area contributed by atoms with Gasteiger partial charge in [-0.1, -0.05) is 56.3 Å². The fraction of sp³-hybridized carbons (Fsp3) is 0.500. The summed E-state index contributed by atoms with van der Waals surface area (Å²) in [6.07, 6.45) is 1.89. The second kappa shape index (κ2) is 9.04. The molecule has 150 valence electrons. The Morgan fingerprint density at radius 1 is 1.29 bits per heavy atom. The van der Waals surface area contributed by atoms with Crippen molar-refractivity contribution in [3.8, 4) is 0 Å². The summed E-state index contributed by atoms with van der Waals surface area (Å²) in [6, 6.07) is 11.7. The summed E-state index contributed by atoms with van der Waals surface area (Å²) in [7, 11) is 0. The van der Waals surface area contributed by atoms with Crippen LogP contribution >= 0.6 is 0 Å². The summed E-state index contributed by atoms with van der Waals surface area (Å²) in [4.78, 5) is 29.4. The van der Waals surface area contributed by atoms with Crippen molar-refractivity contribution in [2.75, 3.05) is 13.1 Å². The smallest absolute Gasteiger partial charge is 0.292 e. The summed E-state index contributed by atoms with van der Waals surface area (Å²) < 4.78 is 5.30. The third-order valence-electron chi connectivity index (χ3n) is 5.13. The first-order valence-electron chi connectivity index (χ1n) is 10.1. The van der Waals surface area contributed by atoms with Gasteiger partial charge in [-0.05, 0) is 24.3 Å². The van der Waals surface area contributed by atoms with Crippen molar-refractivity contribution >= 4 is 11.8 Å². The Hall–Kier alpha value is -2.63. The minimum atomic E-state index is -0.185. The number of hydrogen-bond donors (Lipinski definition) is 0. The van der Waals surface area contributed by atoms with Gasteiger partial charge in [-0.25, -0.2) is 0 Å². The summed E-state index contributed by atoms with van der Waals surface area (Å²) in [5, 5.41) is 4.02. The van der Waals surface area contributed by atoms with E-state index in [-0.39, 0.29) is 23.6 Å². The Balaban J connectivity index is 1.73. The molecule has 2 amide bonds. The molecule has 0 aliphatic carbocycles. The van der Waals surface area contributed by atoms with Crippen LogP contribution in [-0.2, 0) is 17.8 Å². The molecule has 1 aromatic heterocycles. The summed E-state index contributed by atoms with van der Waals surface area (Å²) in [5.41, 5.74) is 1.89. The standard InChI is InChI=1S/C22H29N3O3/c1-4-19-15-24(22(27)20-13-18(23-28-20)12-16(2)3)11-10-21(26)25(19)14-17-8-6-5-7-9-17/h5-9,13,16,19H,4,10-12,14-15H2,1-3H3/t19-/m0/s1. The number of nitrogens with zero attached hydrogens (tertiary/aromatic N) is 3. The van der Waals surface area contributed by atoms with Crippen molar-refractivity contribution in [3.63, 3.8) is 0 Å². The zero-order valence-corrected chi connectivity index (χ0v) is 16.9. The molecule has 0 bridgehead atoms. The molecule has 2 heterocycles. The predicted molar refractivity (Wildman–Crippen MR) is 107 cm³/mol. The fourth-order valence-electron chi connectivity index (χ4n) is 3.64. The van der Waals surface area contributed by atoms with E-state index in [0.717, 1.165) is 24.1 Å². The molecule has 6 heteroatoms. The third-order valence-corrected chi connectivity index (χ3v) is 5.13. The number of rotatable bonds is 6. The van der Waals surface area contributed by atoms with E-state index in [0.29, 0.717) is 32.0 Å². The monoisotopic (exact) mass is 383 g/mol. The molecule has 0 spiro atoms. The maximum atomic E-state index is 12.9. The second-order valence-corrected chi connectivity index (χ2v) is 7.85. The van der Waals surface area contributed by atoms with E-state index >= 15 is 0 Å². The van der Waals surface area contributed by atoms with Crippen LogP contribution in [0.25, 0.3) is 0 Å². The quantitative estimate of drug-likeness (QED) is 0.765. The van der Waals surface area contributed by atoms with Crippen molar-refractivity contribution < 1.29 is 14.1 Å². The lowest BCUT2D eigenvalue weighted by Crippen LogP contribution is -2.43. The molecule has 1 fully saturated rings. The Labute approximate surface area is 166 Å². The lowest BCUT2D eigenvalue weighted by Gasteiger charge is -2.31. The van der Waals surface area contributed by atoms with Gasteiger partial charge in [0.25, 0.3) is 5.91 Å². The van der Waals surface area contributed by atoms with Crippen molar-refractivity contribution in [3.05, 3.63) is 53.4 Å². The SMILES string of the molecule is CC[C@H]1CN(C(=O)c2cc(CC(C)C)no2)CCC(=O)N1Cc1ccccc1. The van der Waals surface area contributed by atoms with E-state index < -0.39 is 0 Å². The van der Waals surface area contributed by atoms with Crippen LogP contribution in [0.15, 0.2) is 40.9 Å². The average Bonchev–Trinajstić information content (AvgIpc) is 3.08. The van der Waals surface area contributed by atoms with Crippen LogP contribution in [0.3, 0.4) is 0 Å². The van der Waals surface area contributed by atoms with E-state index in [1.807, 2.05) is 35.2 Å². The number of amides is 2. The molecule has 1 aliphatic heterocycles. The molecule has 1 aliphatic rings. The van der Waals surface area contributed by atoms with E-state index in [4.69, 9.17) is 4.52 Å². The van der Waals surface area contributed by atoms with E-state index in [9.17, 15) is 9.59 Å². The average molecular weight is 383 g/mol. The minimum absolute atomic E-state index is 0.0165. The molecule has 0 N–H and O–H groups in total. The Morgan fingerprint density at radius 3 is 2.71 bits per heavy atom. The van der Waals surface area contributed by atoms with Gasteiger partial charge in [0.1, 0.15) is 0 Å². The van der Waals surface area contributed by atoms with Gasteiger partial charge >= 0.3 is 0 Å². The van der Waals surface area contributed by atoms with Gasteiger partial charge in [0.15, 0.2) is 0 Å². The first-order valence-corrected chi connectivity index (χ1v) is 10.1. The van der Waals surface area contributed by atoms with Crippen LogP contribution in [0.2, 0.25) is 0 Å². The van der Waals surface area contributed by atoms with Crippen molar-refractivity contribution in [2.24, 2.45) is 5.92 Å². The predicted octanol–water partition coefficient (Wildman–Crippen LogP) is 3.53. The van der Waals surface area contributed by atoms with E-state index in [2.05, 4.69) is 25.9 Å². The van der Waals surface area contributed by atoms with Crippen LogP contribution in [0.5, 0.6) is 0 Å². The van der Waals surface area contributed by atoms with Crippen LogP contribution in [-0.4, -0.2) is 45.9 Å². The van der Waals surface area contributed by atoms with Crippen molar-refractivity contribution in [1.82, 2.24) is 15.0 Å². The first-order chi connectivity index (χ1) is 13.5. The molecule has 28 heavy (non-hydrogen) atoms. The van der Waals surface area contributed by atoms with Gasteiger partial charge in [0, 0.05) is 38.2 Å². The zero-order chi connectivity index (χ0) is 20.1. The molecule has 0 radical (unpaired) electrons. The summed E-state index contributed by atoms with van der Waals surface area (Å²) in [5.74, 6) is 0.605. The topological polar surface area (TPSA) is 66.7 Å². The Bertz CT molecular complexity index is 800. The number of benzene rings is 1. The molecule has 2 aromatic rings. The van der Waals surface area contributed by atoms with Crippen LogP contribution < -0.4 is 0 Å². The van der Waals surface area contributed by atoms with Gasteiger partial charge < -0.3 is 14.3 Å². The number of carbonyl (C=O) groups is 2. The van der Waals surface area contributed by atoms with Gasteiger partial charge in [-0.15, -0.1) is 0 Å². The highest BCUT2D eigenvalue weighted by molar-refractivity contribution is 5.92. The third kappa shape index (κ3) is 4.80. The van der Waals surface area contributed by atoms with Gasteiger partial charge in [-0.2, -0.15) is 0 Å². The van der Waals surface area contributed by atoms with Gasteiger partial charge in [-0.3, -0.25) is 9.59 Å². The maximum absolute atomic E-state index is 12.9. The summed E-state index contributed by atoms with van der Waals surface area (Å²) >= 11 is 0. The van der Waals surface area contributed by atoms with Crippen molar-refractivity contribution in [2.45, 2.75) is 52.6 Å². The highest BCUT2D eigenvalue weighted by Crippen LogP contribution is 2.20.